The van der Waals surface area contributed by atoms with E-state index < -0.39 is 0 Å². The first kappa shape index (κ1) is 10.4. The predicted molar refractivity (Wildman–Crippen MR) is 60.5 cm³/mol. The van der Waals surface area contributed by atoms with Crippen molar-refractivity contribution < 1.29 is 0 Å². The highest BCUT2D eigenvalue weighted by Crippen LogP contribution is 2.21. The molecule has 1 saturated carbocycles. The molecule has 0 radical (unpaired) electrons. The van der Waals surface area contributed by atoms with Gasteiger partial charge >= 0.3 is 0 Å². The summed E-state index contributed by atoms with van der Waals surface area (Å²) in [4.78, 5) is 2.61. The Morgan fingerprint density at radius 1 is 1.07 bits per heavy atom. The van der Waals surface area contributed by atoms with Crippen LogP contribution in [0.1, 0.15) is 45.4 Å². The molecule has 0 unspecified atom stereocenters. The maximum atomic E-state index is 3.79. The van der Waals surface area contributed by atoms with E-state index in [1.807, 2.05) is 0 Å². The lowest BCUT2D eigenvalue weighted by Crippen LogP contribution is -2.48. The fourth-order valence-corrected chi connectivity index (χ4v) is 2.55. The summed E-state index contributed by atoms with van der Waals surface area (Å²) in [5, 5.41) is 3.79. The van der Waals surface area contributed by atoms with Crippen molar-refractivity contribution in [3.8, 4) is 0 Å². The van der Waals surface area contributed by atoms with Crippen molar-refractivity contribution in [1.29, 1.82) is 0 Å². The average molecular weight is 196 g/mol. The summed E-state index contributed by atoms with van der Waals surface area (Å²) >= 11 is 0. The second-order valence-corrected chi connectivity index (χ2v) is 4.91. The number of likely N-dealkylation sites (tertiary alicyclic amines) is 1. The van der Waals surface area contributed by atoms with Gasteiger partial charge in [-0.05, 0) is 51.7 Å². The Hall–Kier alpha value is -0.0800. The van der Waals surface area contributed by atoms with Gasteiger partial charge in [-0.1, -0.05) is 13.3 Å². The lowest BCUT2D eigenvalue weighted by Gasteiger charge is -2.37. The van der Waals surface area contributed by atoms with Gasteiger partial charge in [-0.25, -0.2) is 0 Å². The average Bonchev–Trinajstić information content (AvgIpc) is 2.14. The first-order valence-electron chi connectivity index (χ1n) is 6.37. The van der Waals surface area contributed by atoms with Crippen LogP contribution in [-0.2, 0) is 0 Å². The topological polar surface area (TPSA) is 15.3 Å². The molecule has 1 aliphatic carbocycles. The molecule has 0 aromatic heterocycles. The Kier molecular flexibility index (Phi) is 3.82. The largest absolute Gasteiger partial charge is 0.311 e. The van der Waals surface area contributed by atoms with Gasteiger partial charge in [-0.3, -0.25) is 0 Å². The smallest absolute Gasteiger partial charge is 0.00940 e. The summed E-state index contributed by atoms with van der Waals surface area (Å²) in [6, 6.07) is 1.70. The van der Waals surface area contributed by atoms with Crippen LogP contribution in [0, 0.1) is 0 Å². The molecule has 2 heteroatoms. The molecule has 2 rings (SSSR count). The molecule has 0 bridgehead atoms. The Labute approximate surface area is 88.1 Å². The zero-order chi connectivity index (χ0) is 9.80. The summed E-state index contributed by atoms with van der Waals surface area (Å²) in [5.74, 6) is 0. The molecule has 1 N–H and O–H groups in total. The predicted octanol–water partition coefficient (Wildman–Crippen LogP) is 2.00. The van der Waals surface area contributed by atoms with Gasteiger partial charge in [0.15, 0.2) is 0 Å². The quantitative estimate of drug-likeness (QED) is 0.740. The third-order valence-electron chi connectivity index (χ3n) is 3.70. The van der Waals surface area contributed by atoms with E-state index in [0.717, 1.165) is 12.1 Å². The molecule has 0 aromatic carbocycles. The maximum absolute atomic E-state index is 3.79. The van der Waals surface area contributed by atoms with E-state index in [1.165, 1.54) is 58.2 Å². The third kappa shape index (κ3) is 2.71. The van der Waals surface area contributed by atoms with E-state index in [0.29, 0.717) is 0 Å². The molecular weight excluding hydrogens is 172 g/mol. The van der Waals surface area contributed by atoms with Crippen LogP contribution in [0.25, 0.3) is 0 Å². The summed E-state index contributed by atoms with van der Waals surface area (Å²) in [6.45, 7) is 6.21. The van der Waals surface area contributed by atoms with Gasteiger partial charge in [0.05, 0.1) is 0 Å². The summed E-state index contributed by atoms with van der Waals surface area (Å²) in [7, 11) is 0. The van der Waals surface area contributed by atoms with Crippen molar-refractivity contribution in [3.05, 3.63) is 0 Å². The molecule has 0 spiro atoms. The Morgan fingerprint density at radius 3 is 2.21 bits per heavy atom. The molecule has 82 valence electrons. The molecule has 1 saturated heterocycles. The third-order valence-corrected chi connectivity index (χ3v) is 3.70. The summed E-state index contributed by atoms with van der Waals surface area (Å²) in [5.41, 5.74) is 0. The van der Waals surface area contributed by atoms with Crippen LogP contribution in [0.5, 0.6) is 0 Å². The lowest BCUT2D eigenvalue weighted by molar-refractivity contribution is 0.178. The van der Waals surface area contributed by atoms with Crippen molar-refractivity contribution in [1.82, 2.24) is 10.2 Å². The Morgan fingerprint density at radius 2 is 1.71 bits per heavy atom. The molecule has 14 heavy (non-hydrogen) atoms. The van der Waals surface area contributed by atoms with Gasteiger partial charge in [-0.15, -0.1) is 0 Å². The molecule has 2 nitrogen and oxygen atoms in total. The molecule has 0 aromatic rings. The SMILES string of the molecule is CCCN1CCC(NC2CCC2)CC1. The summed E-state index contributed by atoms with van der Waals surface area (Å²) in [6.07, 6.45) is 8.35. The van der Waals surface area contributed by atoms with E-state index in [4.69, 9.17) is 0 Å². The van der Waals surface area contributed by atoms with Crippen LogP contribution in [-0.4, -0.2) is 36.6 Å². The number of rotatable bonds is 4. The van der Waals surface area contributed by atoms with Crippen molar-refractivity contribution >= 4 is 0 Å². The molecular formula is C12H24N2. The first-order valence-corrected chi connectivity index (χ1v) is 6.37. The number of hydrogen-bond acceptors (Lipinski definition) is 2. The van der Waals surface area contributed by atoms with Gasteiger partial charge in [0.25, 0.3) is 0 Å². The van der Waals surface area contributed by atoms with Crippen molar-refractivity contribution in [3.63, 3.8) is 0 Å². The van der Waals surface area contributed by atoms with Gasteiger partial charge in [0.2, 0.25) is 0 Å². The molecule has 1 heterocycles. The minimum absolute atomic E-state index is 0.827. The Bertz CT molecular complexity index is 158. The van der Waals surface area contributed by atoms with Crippen LogP contribution in [0.15, 0.2) is 0 Å². The molecule has 2 fully saturated rings. The zero-order valence-corrected chi connectivity index (χ0v) is 9.47. The van der Waals surface area contributed by atoms with Crippen molar-refractivity contribution in [2.24, 2.45) is 0 Å². The van der Waals surface area contributed by atoms with Gasteiger partial charge in [0.1, 0.15) is 0 Å². The van der Waals surface area contributed by atoms with E-state index in [1.54, 1.807) is 0 Å². The van der Waals surface area contributed by atoms with E-state index >= 15 is 0 Å². The van der Waals surface area contributed by atoms with Gasteiger partial charge in [0, 0.05) is 12.1 Å². The number of hydrogen-bond donors (Lipinski definition) is 1. The summed E-state index contributed by atoms with van der Waals surface area (Å²) < 4.78 is 0. The van der Waals surface area contributed by atoms with Crippen LogP contribution in [0.2, 0.25) is 0 Å². The number of nitrogens with one attached hydrogen (secondary N) is 1. The van der Waals surface area contributed by atoms with Crippen LogP contribution in [0.4, 0.5) is 0 Å². The maximum Gasteiger partial charge on any atom is 0.00940 e. The molecule has 0 amide bonds. The first-order chi connectivity index (χ1) is 6.88. The second kappa shape index (κ2) is 5.13. The standard InChI is InChI=1S/C12H24N2/c1-2-8-14-9-6-12(7-10-14)13-11-4-3-5-11/h11-13H,2-10H2,1H3. The van der Waals surface area contributed by atoms with Crippen LogP contribution in [0.3, 0.4) is 0 Å². The van der Waals surface area contributed by atoms with E-state index in [-0.39, 0.29) is 0 Å². The number of piperidine rings is 1. The van der Waals surface area contributed by atoms with E-state index in [2.05, 4.69) is 17.1 Å². The minimum Gasteiger partial charge on any atom is -0.311 e. The highest BCUT2D eigenvalue weighted by molar-refractivity contribution is 4.84. The molecule has 1 aliphatic heterocycles. The normalized spacial score (nSPS) is 26.4. The highest BCUT2D eigenvalue weighted by Gasteiger charge is 2.23. The number of nitrogens with zero attached hydrogens (tertiary/aromatic N) is 1. The lowest BCUT2D eigenvalue weighted by atomic mass is 9.91. The van der Waals surface area contributed by atoms with E-state index in [9.17, 15) is 0 Å². The second-order valence-electron chi connectivity index (χ2n) is 4.91. The molecule has 2 aliphatic rings. The molecule has 0 atom stereocenters. The monoisotopic (exact) mass is 196 g/mol. The zero-order valence-electron chi connectivity index (χ0n) is 9.47. The minimum atomic E-state index is 0.827. The fourth-order valence-electron chi connectivity index (χ4n) is 2.55. The van der Waals surface area contributed by atoms with Crippen molar-refractivity contribution in [2.75, 3.05) is 19.6 Å². The van der Waals surface area contributed by atoms with Gasteiger partial charge in [-0.2, -0.15) is 0 Å². The van der Waals surface area contributed by atoms with Crippen LogP contribution < -0.4 is 5.32 Å². The fraction of sp³-hybridized carbons (Fsp3) is 1.00. The Balaban J connectivity index is 1.62. The highest BCUT2D eigenvalue weighted by atomic mass is 15.1. The van der Waals surface area contributed by atoms with Crippen LogP contribution >= 0.6 is 0 Å². The van der Waals surface area contributed by atoms with Crippen molar-refractivity contribution in [2.45, 2.75) is 57.5 Å². The van der Waals surface area contributed by atoms with Gasteiger partial charge < -0.3 is 10.2 Å².